The Balaban J connectivity index is 2.23. The molecule has 0 saturated heterocycles. The van der Waals surface area contributed by atoms with Crippen LogP contribution in [0.15, 0.2) is 12.7 Å². The van der Waals surface area contributed by atoms with Crippen molar-refractivity contribution in [3.8, 4) is 0 Å². The van der Waals surface area contributed by atoms with Crippen LogP contribution in [0, 0.1) is 5.92 Å². The summed E-state index contributed by atoms with van der Waals surface area (Å²) in [5, 5.41) is 3.22. The first-order valence-corrected chi connectivity index (χ1v) is 5.76. The molecular weight excluding hydrogens is 188 g/mol. The number of carbonyl (C=O) groups excluding carboxylic acids is 1. The van der Waals surface area contributed by atoms with E-state index in [9.17, 15) is 4.79 Å². The molecule has 0 radical (unpaired) electrons. The van der Waals surface area contributed by atoms with Crippen LogP contribution in [0.2, 0.25) is 0 Å². The minimum absolute atomic E-state index is 0.172. The highest BCUT2D eigenvalue weighted by Crippen LogP contribution is 2.27. The van der Waals surface area contributed by atoms with Crippen LogP contribution in [-0.4, -0.2) is 36.5 Å². The predicted molar refractivity (Wildman–Crippen MR) is 62.6 cm³/mol. The first-order valence-electron chi connectivity index (χ1n) is 5.76. The third-order valence-electron chi connectivity index (χ3n) is 2.68. The van der Waals surface area contributed by atoms with E-state index < -0.39 is 0 Å². The number of hydrogen-bond acceptors (Lipinski definition) is 2. The molecule has 0 heterocycles. The third kappa shape index (κ3) is 4.47. The Kier molecular flexibility index (Phi) is 4.82. The molecule has 0 bridgehead atoms. The molecule has 1 aliphatic carbocycles. The molecule has 0 unspecified atom stereocenters. The van der Waals surface area contributed by atoms with E-state index in [2.05, 4.69) is 11.9 Å². The fraction of sp³-hybridized carbons (Fsp3) is 0.750. The maximum Gasteiger partial charge on any atom is 0.237 e. The lowest BCUT2D eigenvalue weighted by Gasteiger charge is -2.25. The van der Waals surface area contributed by atoms with Gasteiger partial charge in [-0.3, -0.25) is 4.79 Å². The summed E-state index contributed by atoms with van der Waals surface area (Å²) in [7, 11) is 0. The zero-order chi connectivity index (χ0) is 11.3. The van der Waals surface area contributed by atoms with Crippen LogP contribution >= 0.6 is 0 Å². The average Bonchev–Trinajstić information content (AvgIpc) is 2.97. The lowest BCUT2D eigenvalue weighted by molar-refractivity contribution is -0.131. The number of nitrogens with zero attached hydrogens (tertiary/aromatic N) is 1. The van der Waals surface area contributed by atoms with E-state index >= 15 is 0 Å². The van der Waals surface area contributed by atoms with E-state index in [1.54, 1.807) is 6.08 Å². The second kappa shape index (κ2) is 5.91. The van der Waals surface area contributed by atoms with Gasteiger partial charge in [-0.05, 0) is 39.2 Å². The number of hydrogen-bond donors (Lipinski definition) is 1. The van der Waals surface area contributed by atoms with Crippen LogP contribution in [-0.2, 0) is 4.79 Å². The van der Waals surface area contributed by atoms with E-state index in [1.807, 2.05) is 18.7 Å². The summed E-state index contributed by atoms with van der Waals surface area (Å²) in [6.45, 7) is 9.82. The largest absolute Gasteiger partial charge is 0.335 e. The molecule has 1 saturated carbocycles. The van der Waals surface area contributed by atoms with Gasteiger partial charge in [0.2, 0.25) is 5.91 Å². The van der Waals surface area contributed by atoms with Crippen molar-refractivity contribution in [2.45, 2.75) is 32.7 Å². The van der Waals surface area contributed by atoms with Gasteiger partial charge in [0, 0.05) is 12.6 Å². The van der Waals surface area contributed by atoms with E-state index in [0.717, 1.165) is 12.5 Å². The maximum absolute atomic E-state index is 11.8. The van der Waals surface area contributed by atoms with Gasteiger partial charge < -0.3 is 10.2 Å². The fourth-order valence-corrected chi connectivity index (χ4v) is 1.55. The van der Waals surface area contributed by atoms with Gasteiger partial charge in [-0.2, -0.15) is 0 Å². The molecule has 1 rings (SSSR count). The van der Waals surface area contributed by atoms with Gasteiger partial charge in [0.1, 0.15) is 0 Å². The molecule has 15 heavy (non-hydrogen) atoms. The second-order valence-corrected chi connectivity index (χ2v) is 4.50. The molecule has 0 aliphatic heterocycles. The molecular formula is C12H22N2O. The Morgan fingerprint density at radius 3 is 2.73 bits per heavy atom. The minimum atomic E-state index is 0.172. The molecule has 1 aliphatic rings. The highest BCUT2D eigenvalue weighted by atomic mass is 16.2. The summed E-state index contributed by atoms with van der Waals surface area (Å²) in [6.07, 6.45) is 4.42. The van der Waals surface area contributed by atoms with Crippen LogP contribution in [0.25, 0.3) is 0 Å². The predicted octanol–water partition coefficient (Wildman–Crippen LogP) is 1.41. The summed E-state index contributed by atoms with van der Waals surface area (Å²) in [5.74, 6) is 0.996. The van der Waals surface area contributed by atoms with Crippen LogP contribution in [0.4, 0.5) is 0 Å². The van der Waals surface area contributed by atoms with E-state index in [4.69, 9.17) is 0 Å². The van der Waals surface area contributed by atoms with Gasteiger partial charge in [0.05, 0.1) is 6.54 Å². The SMILES string of the molecule is C=CCN(C(=O)CNCC1CC1)C(C)C. The number of carbonyl (C=O) groups is 1. The van der Waals surface area contributed by atoms with Crippen LogP contribution in [0.1, 0.15) is 26.7 Å². The molecule has 0 spiro atoms. The van der Waals surface area contributed by atoms with E-state index in [-0.39, 0.29) is 11.9 Å². The molecule has 0 aromatic heterocycles. The topological polar surface area (TPSA) is 32.3 Å². The van der Waals surface area contributed by atoms with Crippen LogP contribution in [0.5, 0.6) is 0 Å². The first kappa shape index (κ1) is 12.2. The third-order valence-corrected chi connectivity index (χ3v) is 2.68. The molecule has 0 aromatic rings. The first-order chi connectivity index (χ1) is 7.15. The van der Waals surface area contributed by atoms with Gasteiger partial charge in [-0.1, -0.05) is 6.08 Å². The summed E-state index contributed by atoms with van der Waals surface area (Å²) >= 11 is 0. The zero-order valence-corrected chi connectivity index (χ0v) is 9.83. The molecule has 1 N–H and O–H groups in total. The number of nitrogens with one attached hydrogen (secondary N) is 1. The maximum atomic E-state index is 11.8. The lowest BCUT2D eigenvalue weighted by Crippen LogP contribution is -2.42. The smallest absolute Gasteiger partial charge is 0.237 e. The van der Waals surface area contributed by atoms with Crippen molar-refractivity contribution in [2.24, 2.45) is 5.92 Å². The van der Waals surface area contributed by atoms with Crippen molar-refractivity contribution in [3.05, 3.63) is 12.7 Å². The highest BCUT2D eigenvalue weighted by Gasteiger charge is 2.21. The van der Waals surface area contributed by atoms with Gasteiger partial charge in [-0.25, -0.2) is 0 Å². The highest BCUT2D eigenvalue weighted by molar-refractivity contribution is 5.78. The van der Waals surface area contributed by atoms with E-state index in [0.29, 0.717) is 13.1 Å². The quantitative estimate of drug-likeness (QED) is 0.644. The second-order valence-electron chi connectivity index (χ2n) is 4.50. The molecule has 1 fully saturated rings. The Bertz CT molecular complexity index is 222. The molecule has 86 valence electrons. The van der Waals surface area contributed by atoms with Gasteiger partial charge in [0.25, 0.3) is 0 Å². The lowest BCUT2D eigenvalue weighted by atomic mass is 10.3. The summed E-state index contributed by atoms with van der Waals surface area (Å²) in [4.78, 5) is 13.6. The fourth-order valence-electron chi connectivity index (χ4n) is 1.55. The van der Waals surface area contributed by atoms with E-state index in [1.165, 1.54) is 12.8 Å². The summed E-state index contributed by atoms with van der Waals surface area (Å²) in [6, 6.07) is 0.248. The normalized spacial score (nSPS) is 15.4. The number of rotatable bonds is 7. The van der Waals surface area contributed by atoms with Gasteiger partial charge >= 0.3 is 0 Å². The number of amides is 1. The molecule has 3 heteroatoms. The molecule has 0 aromatic carbocycles. The zero-order valence-electron chi connectivity index (χ0n) is 9.83. The Hall–Kier alpha value is -0.830. The molecule has 3 nitrogen and oxygen atoms in total. The van der Waals surface area contributed by atoms with Crippen molar-refractivity contribution >= 4 is 5.91 Å². The van der Waals surface area contributed by atoms with Crippen molar-refractivity contribution in [1.29, 1.82) is 0 Å². The van der Waals surface area contributed by atoms with Gasteiger partial charge in [-0.15, -0.1) is 6.58 Å². The van der Waals surface area contributed by atoms with Crippen LogP contribution < -0.4 is 5.32 Å². The summed E-state index contributed by atoms with van der Waals surface area (Å²) < 4.78 is 0. The van der Waals surface area contributed by atoms with Gasteiger partial charge in [0.15, 0.2) is 0 Å². The Morgan fingerprint density at radius 1 is 1.60 bits per heavy atom. The van der Waals surface area contributed by atoms with Crippen molar-refractivity contribution in [2.75, 3.05) is 19.6 Å². The standard InChI is InChI=1S/C12H22N2O/c1-4-7-14(10(2)3)12(15)9-13-8-11-5-6-11/h4,10-11,13H,1,5-9H2,2-3H3. The molecule has 0 atom stereocenters. The minimum Gasteiger partial charge on any atom is -0.335 e. The van der Waals surface area contributed by atoms with Crippen molar-refractivity contribution in [1.82, 2.24) is 10.2 Å². The van der Waals surface area contributed by atoms with Crippen molar-refractivity contribution in [3.63, 3.8) is 0 Å². The Labute approximate surface area is 92.5 Å². The van der Waals surface area contributed by atoms with Crippen molar-refractivity contribution < 1.29 is 4.79 Å². The summed E-state index contributed by atoms with van der Waals surface area (Å²) in [5.41, 5.74) is 0. The average molecular weight is 210 g/mol. The molecule has 1 amide bonds. The Morgan fingerprint density at radius 2 is 2.27 bits per heavy atom. The monoisotopic (exact) mass is 210 g/mol. The van der Waals surface area contributed by atoms with Crippen LogP contribution in [0.3, 0.4) is 0 Å².